The van der Waals surface area contributed by atoms with Crippen LogP contribution in [-0.2, 0) is 0 Å². The van der Waals surface area contributed by atoms with E-state index in [2.05, 4.69) is 150 Å². The molecule has 0 radical (unpaired) electrons. The first-order valence-corrected chi connectivity index (χ1v) is 20.2. The van der Waals surface area contributed by atoms with Gasteiger partial charge in [0.15, 0.2) is 17.5 Å². The highest BCUT2D eigenvalue weighted by molar-refractivity contribution is 6.12. The van der Waals surface area contributed by atoms with Gasteiger partial charge >= 0.3 is 0 Å². The minimum atomic E-state index is 0.595. The van der Waals surface area contributed by atoms with Gasteiger partial charge in [-0.25, -0.2) is 15.0 Å². The van der Waals surface area contributed by atoms with E-state index in [1.54, 1.807) is 0 Å². The molecule has 0 fully saturated rings. The summed E-state index contributed by atoms with van der Waals surface area (Å²) >= 11 is 0. The van der Waals surface area contributed by atoms with E-state index in [-0.39, 0.29) is 0 Å². The Hall–Kier alpha value is -8.15. The van der Waals surface area contributed by atoms with Gasteiger partial charge in [0, 0.05) is 43.9 Å². The summed E-state index contributed by atoms with van der Waals surface area (Å²) < 4.78 is 8.66. The van der Waals surface area contributed by atoms with Gasteiger partial charge < -0.3 is 8.98 Å². The van der Waals surface area contributed by atoms with Gasteiger partial charge in [-0.1, -0.05) is 158 Å². The Balaban J connectivity index is 0.987. The first kappa shape index (κ1) is 33.9. The Morgan fingerprint density at radius 3 is 1.83 bits per heavy atom. The normalized spacial score (nSPS) is 11.7. The quantitative estimate of drug-likeness (QED) is 0.169. The zero-order valence-electron chi connectivity index (χ0n) is 32.3. The van der Waals surface area contributed by atoms with Crippen LogP contribution in [0.25, 0.3) is 117 Å². The Morgan fingerprint density at radius 2 is 0.933 bits per heavy atom. The number of para-hydroxylation sites is 2. The number of hydrogen-bond acceptors (Lipinski definition) is 4. The molecule has 5 nitrogen and oxygen atoms in total. The Morgan fingerprint density at radius 1 is 0.333 bits per heavy atom. The topological polar surface area (TPSA) is 56.7 Å². The summed E-state index contributed by atoms with van der Waals surface area (Å²) in [4.78, 5) is 15.3. The van der Waals surface area contributed by atoms with E-state index in [0.717, 1.165) is 55.4 Å². The van der Waals surface area contributed by atoms with Gasteiger partial charge in [0.1, 0.15) is 11.2 Å². The first-order valence-electron chi connectivity index (χ1n) is 20.2. The molecule has 0 saturated heterocycles. The molecule has 0 amide bonds. The summed E-state index contributed by atoms with van der Waals surface area (Å²) in [5, 5.41) is 6.95. The molecule has 3 aromatic heterocycles. The second-order valence-electron chi connectivity index (χ2n) is 15.2. The summed E-state index contributed by atoms with van der Waals surface area (Å²) in [6, 6.07) is 72.4. The van der Waals surface area contributed by atoms with Crippen LogP contribution in [0.1, 0.15) is 0 Å². The van der Waals surface area contributed by atoms with Crippen LogP contribution in [0.5, 0.6) is 0 Å². The van der Waals surface area contributed by atoms with Crippen LogP contribution < -0.4 is 0 Å². The molecule has 12 rings (SSSR count). The van der Waals surface area contributed by atoms with E-state index in [0.29, 0.717) is 17.5 Å². The van der Waals surface area contributed by atoms with Gasteiger partial charge in [0.05, 0.1) is 11.0 Å². The molecule has 0 unspecified atom stereocenters. The number of nitrogens with zero attached hydrogens (tertiary/aromatic N) is 4. The van der Waals surface area contributed by atoms with Crippen LogP contribution in [0.2, 0.25) is 0 Å². The average Bonchev–Trinajstić information content (AvgIpc) is 3.87. The third-order valence-electron chi connectivity index (χ3n) is 11.6. The van der Waals surface area contributed by atoms with Crippen LogP contribution in [0.4, 0.5) is 0 Å². The molecular weight excluding hydrogens is 733 g/mol. The predicted octanol–water partition coefficient (Wildman–Crippen LogP) is 14.4. The minimum Gasteiger partial charge on any atom is -0.456 e. The number of furan rings is 1. The molecule has 12 aromatic rings. The maximum absolute atomic E-state index is 6.26. The van der Waals surface area contributed by atoms with E-state index >= 15 is 0 Å². The number of hydrogen-bond donors (Lipinski definition) is 0. The Kier molecular flexibility index (Phi) is 7.78. The van der Waals surface area contributed by atoms with E-state index in [1.165, 1.54) is 43.7 Å². The highest BCUT2D eigenvalue weighted by Crippen LogP contribution is 2.39. The molecule has 0 spiro atoms. The molecule has 0 saturated carbocycles. The average molecular weight is 767 g/mol. The lowest BCUT2D eigenvalue weighted by Crippen LogP contribution is -2.00. The summed E-state index contributed by atoms with van der Waals surface area (Å²) in [5.41, 5.74) is 12.3. The molecule has 0 atom stereocenters. The van der Waals surface area contributed by atoms with E-state index in [1.807, 2.05) is 60.7 Å². The molecule has 5 heteroatoms. The third kappa shape index (κ3) is 5.67. The van der Waals surface area contributed by atoms with Crippen molar-refractivity contribution in [3.63, 3.8) is 0 Å². The molecule has 280 valence electrons. The molecule has 0 N–H and O–H groups in total. The van der Waals surface area contributed by atoms with Crippen molar-refractivity contribution in [1.29, 1.82) is 0 Å². The predicted molar refractivity (Wildman–Crippen MR) is 246 cm³/mol. The maximum atomic E-state index is 6.26. The van der Waals surface area contributed by atoms with E-state index in [4.69, 9.17) is 19.4 Å². The lowest BCUT2D eigenvalue weighted by Gasteiger charge is -2.12. The van der Waals surface area contributed by atoms with E-state index in [9.17, 15) is 0 Å². The van der Waals surface area contributed by atoms with Crippen LogP contribution in [-0.4, -0.2) is 19.5 Å². The Labute approximate surface area is 345 Å². The van der Waals surface area contributed by atoms with Crippen LogP contribution >= 0.6 is 0 Å². The molecule has 3 heterocycles. The fourth-order valence-corrected chi connectivity index (χ4v) is 8.76. The maximum Gasteiger partial charge on any atom is 0.164 e. The molecule has 0 aliphatic heterocycles. The monoisotopic (exact) mass is 766 g/mol. The summed E-state index contributed by atoms with van der Waals surface area (Å²) in [6.07, 6.45) is 0. The van der Waals surface area contributed by atoms with Gasteiger partial charge in [-0.3, -0.25) is 0 Å². The molecule has 0 bridgehead atoms. The number of benzene rings is 9. The highest BCUT2D eigenvalue weighted by Gasteiger charge is 2.19. The van der Waals surface area contributed by atoms with Gasteiger partial charge in [0.2, 0.25) is 0 Å². The number of rotatable bonds is 6. The fraction of sp³-hybridized carbons (Fsp3) is 0. The summed E-state index contributed by atoms with van der Waals surface area (Å²) in [7, 11) is 0. The molecular formula is C55H34N4O. The summed E-state index contributed by atoms with van der Waals surface area (Å²) in [6.45, 7) is 0. The van der Waals surface area contributed by atoms with Crippen LogP contribution in [0.3, 0.4) is 0 Å². The van der Waals surface area contributed by atoms with Crippen molar-refractivity contribution < 1.29 is 4.42 Å². The van der Waals surface area contributed by atoms with Crippen molar-refractivity contribution in [1.82, 2.24) is 19.5 Å². The van der Waals surface area contributed by atoms with Crippen molar-refractivity contribution in [2.24, 2.45) is 0 Å². The Bertz CT molecular complexity index is 3620. The number of fused-ring (bicyclic) bond motifs is 7. The lowest BCUT2D eigenvalue weighted by atomic mass is 10.00. The first-order chi connectivity index (χ1) is 29.7. The van der Waals surface area contributed by atoms with Crippen molar-refractivity contribution in [3.8, 4) is 62.1 Å². The third-order valence-corrected chi connectivity index (χ3v) is 11.6. The van der Waals surface area contributed by atoms with Gasteiger partial charge in [-0.15, -0.1) is 0 Å². The van der Waals surface area contributed by atoms with Crippen LogP contribution in [0.15, 0.2) is 211 Å². The lowest BCUT2D eigenvalue weighted by molar-refractivity contribution is 0.669. The zero-order valence-corrected chi connectivity index (χ0v) is 32.3. The van der Waals surface area contributed by atoms with Crippen LogP contribution in [0, 0.1) is 0 Å². The smallest absolute Gasteiger partial charge is 0.164 e. The molecule has 0 aliphatic carbocycles. The molecule has 0 aliphatic rings. The zero-order chi connectivity index (χ0) is 39.6. The van der Waals surface area contributed by atoms with Gasteiger partial charge in [-0.05, 0) is 81.6 Å². The standard InChI is InChI=1S/C55H34N4O/c1-2-14-36(15-3-1)53-56-54(58-55(57-53)47-23-12-26-51-52(47)46-22-7-9-25-50(46)60-51)42-19-10-17-38(32-42)39-18-11-20-43(33-39)59-48-24-8-6-21-44(48)45-30-29-41(34-49(45)59)40-28-27-35-13-4-5-16-37(35)31-40/h1-34H. The van der Waals surface area contributed by atoms with Crippen molar-refractivity contribution in [2.75, 3.05) is 0 Å². The largest absolute Gasteiger partial charge is 0.456 e. The second-order valence-corrected chi connectivity index (χ2v) is 15.2. The van der Waals surface area contributed by atoms with E-state index < -0.39 is 0 Å². The molecule has 9 aromatic carbocycles. The van der Waals surface area contributed by atoms with Gasteiger partial charge in [-0.2, -0.15) is 0 Å². The minimum absolute atomic E-state index is 0.595. The fourth-order valence-electron chi connectivity index (χ4n) is 8.76. The summed E-state index contributed by atoms with van der Waals surface area (Å²) in [5.74, 6) is 1.81. The second kappa shape index (κ2) is 13.8. The van der Waals surface area contributed by atoms with Crippen molar-refractivity contribution >= 4 is 54.5 Å². The molecule has 60 heavy (non-hydrogen) atoms. The van der Waals surface area contributed by atoms with Crippen molar-refractivity contribution in [3.05, 3.63) is 206 Å². The number of aromatic nitrogens is 4. The highest BCUT2D eigenvalue weighted by atomic mass is 16.3. The van der Waals surface area contributed by atoms with Gasteiger partial charge in [0.25, 0.3) is 0 Å². The van der Waals surface area contributed by atoms with Crippen molar-refractivity contribution in [2.45, 2.75) is 0 Å². The SMILES string of the molecule is c1ccc(-c2nc(-c3cccc(-c4cccc(-n5c6ccccc6c6ccc(-c7ccc8ccccc8c7)cc65)c4)c3)nc(-c3cccc4oc5ccccc5c34)n2)cc1.